The molecule has 0 aliphatic rings. The fraction of sp³-hybridized carbons (Fsp3) is 0.300. The second kappa shape index (κ2) is 8.33. The zero-order chi connectivity index (χ0) is 18.4. The van der Waals surface area contributed by atoms with Crippen LogP contribution in [0.1, 0.15) is 29.2 Å². The van der Waals surface area contributed by atoms with E-state index in [0.29, 0.717) is 0 Å². The van der Waals surface area contributed by atoms with Crippen molar-refractivity contribution in [1.29, 1.82) is 0 Å². The Bertz CT molecular complexity index is 774. The van der Waals surface area contributed by atoms with E-state index >= 15 is 0 Å². The maximum Gasteiger partial charge on any atom is 0.259 e. The molecule has 0 unspecified atom stereocenters. The predicted molar refractivity (Wildman–Crippen MR) is 102 cm³/mol. The van der Waals surface area contributed by atoms with Gasteiger partial charge in [-0.1, -0.05) is 23.8 Å². The third kappa shape index (κ3) is 5.08. The van der Waals surface area contributed by atoms with Gasteiger partial charge in [0.1, 0.15) is 5.75 Å². The third-order valence-electron chi connectivity index (χ3n) is 3.91. The Balaban J connectivity index is 1.97. The molecule has 0 aliphatic carbocycles. The first-order valence-corrected chi connectivity index (χ1v) is 8.20. The van der Waals surface area contributed by atoms with Gasteiger partial charge in [-0.05, 0) is 51.0 Å². The fourth-order valence-electron chi connectivity index (χ4n) is 2.91. The molecule has 2 N–H and O–H groups in total. The number of ether oxygens (including phenoxy) is 1. The summed E-state index contributed by atoms with van der Waals surface area (Å²) in [6.45, 7) is 8.22. The molecule has 0 aromatic heterocycles. The van der Waals surface area contributed by atoms with Crippen LogP contribution in [0, 0.1) is 20.8 Å². The average molecular weight is 339 g/mol. The van der Waals surface area contributed by atoms with Gasteiger partial charge in [0.05, 0.1) is 19.4 Å². The molecule has 5 heteroatoms. The number of hydrazone groups is 1. The maximum atomic E-state index is 12.0. The number of nitrogens with one attached hydrogen (secondary N) is 2. The number of hydrogen-bond acceptors (Lipinski definition) is 4. The van der Waals surface area contributed by atoms with Crippen LogP contribution in [0.15, 0.2) is 41.5 Å². The lowest BCUT2D eigenvalue weighted by Gasteiger charge is -2.11. The first kappa shape index (κ1) is 18.5. The molecule has 5 nitrogen and oxygen atoms in total. The number of rotatable bonds is 6. The van der Waals surface area contributed by atoms with Crippen LogP contribution in [0.5, 0.6) is 5.75 Å². The van der Waals surface area contributed by atoms with Gasteiger partial charge < -0.3 is 10.1 Å². The van der Waals surface area contributed by atoms with Gasteiger partial charge in [-0.3, -0.25) is 4.79 Å². The minimum absolute atomic E-state index is 0.135. The van der Waals surface area contributed by atoms with Crippen molar-refractivity contribution in [1.82, 2.24) is 5.43 Å². The van der Waals surface area contributed by atoms with Gasteiger partial charge in [0.25, 0.3) is 5.91 Å². The highest BCUT2D eigenvalue weighted by molar-refractivity contribution is 6.01. The van der Waals surface area contributed by atoms with E-state index in [1.807, 2.05) is 31.2 Å². The van der Waals surface area contributed by atoms with Crippen molar-refractivity contribution >= 4 is 17.3 Å². The number of amides is 1. The molecule has 132 valence electrons. The molecule has 0 spiro atoms. The molecule has 0 aliphatic heterocycles. The first-order valence-electron chi connectivity index (χ1n) is 8.20. The van der Waals surface area contributed by atoms with Crippen LogP contribution in [-0.2, 0) is 4.79 Å². The fourth-order valence-corrected chi connectivity index (χ4v) is 2.91. The number of carbonyl (C=O) groups excluding carboxylic acids is 1. The quantitative estimate of drug-likeness (QED) is 0.625. The highest BCUT2D eigenvalue weighted by Gasteiger charge is 2.08. The summed E-state index contributed by atoms with van der Waals surface area (Å²) in [5.74, 6) is 0.536. The van der Waals surface area contributed by atoms with Gasteiger partial charge in [0, 0.05) is 17.3 Å². The number of nitrogens with zero attached hydrogens (tertiary/aromatic N) is 1. The molecule has 0 saturated carbocycles. The molecule has 0 saturated heterocycles. The summed E-state index contributed by atoms with van der Waals surface area (Å²) in [4.78, 5) is 12.0. The van der Waals surface area contributed by atoms with Crippen molar-refractivity contribution < 1.29 is 9.53 Å². The zero-order valence-corrected chi connectivity index (χ0v) is 15.4. The normalized spacial score (nSPS) is 11.2. The van der Waals surface area contributed by atoms with Crippen LogP contribution < -0.4 is 15.5 Å². The molecular formula is C20H25N3O2. The van der Waals surface area contributed by atoms with E-state index < -0.39 is 0 Å². The van der Waals surface area contributed by atoms with Crippen LogP contribution >= 0.6 is 0 Å². The van der Waals surface area contributed by atoms with Crippen LogP contribution in [-0.4, -0.2) is 25.3 Å². The molecular weight excluding hydrogens is 314 g/mol. The van der Waals surface area contributed by atoms with Crippen molar-refractivity contribution in [2.45, 2.75) is 27.7 Å². The first-order chi connectivity index (χ1) is 11.9. The highest BCUT2D eigenvalue weighted by atomic mass is 16.5. The summed E-state index contributed by atoms with van der Waals surface area (Å²) >= 11 is 0. The standard InChI is InChI=1S/C20H25N3O2/c1-13-9-14(2)20(15(3)10-13)16(4)22-23-19(24)12-21-17-7-6-8-18(11-17)25-5/h6-11,21H,12H2,1-5H3,(H,23,24)/b22-16-. The largest absolute Gasteiger partial charge is 0.497 e. The van der Waals surface area contributed by atoms with Gasteiger partial charge in [-0.15, -0.1) is 0 Å². The van der Waals surface area contributed by atoms with Crippen LogP contribution in [0.3, 0.4) is 0 Å². The number of methoxy groups -OCH3 is 1. The van der Waals surface area contributed by atoms with Crippen molar-refractivity contribution in [2.24, 2.45) is 5.10 Å². The lowest BCUT2D eigenvalue weighted by molar-refractivity contribution is -0.119. The number of anilines is 1. The monoisotopic (exact) mass is 339 g/mol. The molecule has 2 rings (SSSR count). The molecule has 0 heterocycles. The summed E-state index contributed by atoms with van der Waals surface area (Å²) in [6, 6.07) is 11.7. The lowest BCUT2D eigenvalue weighted by atomic mass is 9.97. The number of carbonyl (C=O) groups is 1. The smallest absolute Gasteiger partial charge is 0.259 e. The Labute approximate surface area is 149 Å². The molecule has 2 aromatic carbocycles. The van der Waals surface area contributed by atoms with Crippen molar-refractivity contribution in [3.63, 3.8) is 0 Å². The van der Waals surface area contributed by atoms with E-state index in [2.05, 4.69) is 48.7 Å². The van der Waals surface area contributed by atoms with E-state index in [1.165, 1.54) is 5.56 Å². The molecule has 0 radical (unpaired) electrons. The highest BCUT2D eigenvalue weighted by Crippen LogP contribution is 2.17. The molecule has 25 heavy (non-hydrogen) atoms. The van der Waals surface area contributed by atoms with Crippen LogP contribution in [0.25, 0.3) is 0 Å². The molecule has 2 aromatic rings. The van der Waals surface area contributed by atoms with E-state index in [4.69, 9.17) is 4.74 Å². The third-order valence-corrected chi connectivity index (χ3v) is 3.91. The molecule has 0 bridgehead atoms. The molecule has 0 fully saturated rings. The minimum Gasteiger partial charge on any atom is -0.497 e. The minimum atomic E-state index is -0.204. The maximum absolute atomic E-state index is 12.0. The molecule has 0 atom stereocenters. The van der Waals surface area contributed by atoms with Gasteiger partial charge in [0.15, 0.2) is 0 Å². The topological polar surface area (TPSA) is 62.7 Å². The lowest BCUT2D eigenvalue weighted by Crippen LogP contribution is -2.27. The van der Waals surface area contributed by atoms with Crippen LogP contribution in [0.2, 0.25) is 0 Å². The Morgan fingerprint density at radius 2 is 1.80 bits per heavy atom. The Morgan fingerprint density at radius 1 is 1.12 bits per heavy atom. The second-order valence-corrected chi connectivity index (χ2v) is 6.09. The summed E-state index contributed by atoms with van der Waals surface area (Å²) < 4.78 is 5.16. The van der Waals surface area contributed by atoms with E-state index in [9.17, 15) is 4.79 Å². The number of hydrogen-bond donors (Lipinski definition) is 2. The SMILES string of the molecule is COc1cccc(NCC(=O)N/N=C(/C)c2c(C)cc(C)cc2C)c1. The summed E-state index contributed by atoms with van der Waals surface area (Å²) in [6.07, 6.45) is 0. The Hall–Kier alpha value is -2.82. The van der Waals surface area contributed by atoms with E-state index in [-0.39, 0.29) is 12.5 Å². The van der Waals surface area contributed by atoms with Crippen molar-refractivity contribution in [3.8, 4) is 5.75 Å². The van der Waals surface area contributed by atoms with Gasteiger partial charge in [-0.2, -0.15) is 5.10 Å². The summed E-state index contributed by atoms with van der Waals surface area (Å²) in [7, 11) is 1.61. The summed E-state index contributed by atoms with van der Waals surface area (Å²) in [5, 5.41) is 7.30. The molecule has 1 amide bonds. The van der Waals surface area contributed by atoms with Crippen molar-refractivity contribution in [3.05, 3.63) is 58.7 Å². The number of aryl methyl sites for hydroxylation is 3. The zero-order valence-electron chi connectivity index (χ0n) is 15.4. The van der Waals surface area contributed by atoms with Gasteiger partial charge in [-0.25, -0.2) is 5.43 Å². The summed E-state index contributed by atoms with van der Waals surface area (Å²) in [5.41, 5.74) is 8.83. The average Bonchev–Trinajstić information content (AvgIpc) is 2.57. The Kier molecular flexibility index (Phi) is 6.17. The number of benzene rings is 2. The van der Waals surface area contributed by atoms with E-state index in [0.717, 1.165) is 33.8 Å². The van der Waals surface area contributed by atoms with Crippen molar-refractivity contribution in [2.75, 3.05) is 19.0 Å². The van der Waals surface area contributed by atoms with Gasteiger partial charge >= 0.3 is 0 Å². The van der Waals surface area contributed by atoms with Gasteiger partial charge in [0.2, 0.25) is 0 Å². The second-order valence-electron chi connectivity index (χ2n) is 6.09. The Morgan fingerprint density at radius 3 is 2.44 bits per heavy atom. The van der Waals surface area contributed by atoms with E-state index in [1.54, 1.807) is 7.11 Å². The predicted octanol–water partition coefficient (Wildman–Crippen LogP) is 3.57. The van der Waals surface area contributed by atoms with Crippen LogP contribution in [0.4, 0.5) is 5.69 Å².